The van der Waals surface area contributed by atoms with Gasteiger partial charge in [-0.2, -0.15) is 0 Å². The minimum Gasteiger partial charge on any atom is -0.496 e. The summed E-state index contributed by atoms with van der Waals surface area (Å²) in [7, 11) is 1.64. The fraction of sp³-hybridized carbons (Fsp3) is 0.579. The second kappa shape index (κ2) is 8.71. The summed E-state index contributed by atoms with van der Waals surface area (Å²) in [5.74, 6) is 0.598. The molecule has 5 heteroatoms. The highest BCUT2D eigenvalue weighted by Crippen LogP contribution is 2.30. The van der Waals surface area contributed by atoms with Crippen molar-refractivity contribution in [3.63, 3.8) is 0 Å². The number of hydrogen-bond donors (Lipinski definition) is 1. The minimum absolute atomic E-state index is 0.0908. The van der Waals surface area contributed by atoms with Crippen LogP contribution in [0, 0.1) is 5.92 Å². The van der Waals surface area contributed by atoms with Crippen molar-refractivity contribution in [1.82, 2.24) is 4.90 Å². The molecule has 0 unspecified atom stereocenters. The first kappa shape index (κ1) is 18.3. The lowest BCUT2D eigenvalue weighted by atomic mass is 9.92. The summed E-state index contributed by atoms with van der Waals surface area (Å²) in [6.07, 6.45) is 3.26. The van der Waals surface area contributed by atoms with E-state index >= 15 is 0 Å². The number of ether oxygens (including phenoxy) is 1. The summed E-state index contributed by atoms with van der Waals surface area (Å²) < 4.78 is 5.38. The number of carbonyl (C=O) groups excluding carboxylic acids is 1. The molecule has 0 spiro atoms. The third kappa shape index (κ3) is 4.98. The van der Waals surface area contributed by atoms with E-state index in [2.05, 4.69) is 0 Å². The lowest BCUT2D eigenvalue weighted by molar-refractivity contribution is -0.137. The van der Waals surface area contributed by atoms with Gasteiger partial charge in [0.15, 0.2) is 0 Å². The summed E-state index contributed by atoms with van der Waals surface area (Å²) in [5, 5.41) is 8.82. The van der Waals surface area contributed by atoms with Gasteiger partial charge >= 0.3 is 5.97 Å². The minimum atomic E-state index is -0.761. The summed E-state index contributed by atoms with van der Waals surface area (Å²) in [6, 6.07) is 7.80. The zero-order chi connectivity index (χ0) is 17.5. The number of carboxylic acids is 1. The molecule has 0 aliphatic carbocycles. The summed E-state index contributed by atoms with van der Waals surface area (Å²) >= 11 is 0. The lowest BCUT2D eigenvalue weighted by Crippen LogP contribution is -2.40. The maximum absolute atomic E-state index is 12.6. The van der Waals surface area contributed by atoms with Crippen LogP contribution >= 0.6 is 0 Å². The van der Waals surface area contributed by atoms with Crippen LogP contribution in [-0.4, -0.2) is 42.1 Å². The van der Waals surface area contributed by atoms with E-state index in [1.807, 2.05) is 36.1 Å². The summed E-state index contributed by atoms with van der Waals surface area (Å²) in [4.78, 5) is 25.3. The Labute approximate surface area is 143 Å². The standard InChI is InChI=1S/C19H27NO4/c1-14(16-7-3-4-8-17(16)24-2)12-18(21)20-11-5-6-15(13-20)9-10-19(22)23/h3-4,7-8,14-15H,5-6,9-13H2,1-2H3,(H,22,23)/t14-,15+/m1/s1. The van der Waals surface area contributed by atoms with Gasteiger partial charge in [-0.3, -0.25) is 9.59 Å². The number of benzene rings is 1. The molecule has 0 radical (unpaired) electrons. The Bertz CT molecular complexity index is 572. The number of nitrogens with zero attached hydrogens (tertiary/aromatic N) is 1. The lowest BCUT2D eigenvalue weighted by Gasteiger charge is -2.33. The smallest absolute Gasteiger partial charge is 0.303 e. The SMILES string of the molecule is COc1ccccc1[C@H](C)CC(=O)N1CCC[C@@H](CCC(=O)O)C1. The number of carboxylic acid groups (broad SMARTS) is 1. The fourth-order valence-corrected chi connectivity index (χ4v) is 3.43. The predicted molar refractivity (Wildman–Crippen MR) is 92.2 cm³/mol. The van der Waals surface area contributed by atoms with Crippen LogP contribution < -0.4 is 4.74 Å². The Morgan fingerprint density at radius 3 is 2.83 bits per heavy atom. The van der Waals surface area contributed by atoms with Crippen LogP contribution in [0.2, 0.25) is 0 Å². The van der Waals surface area contributed by atoms with Crippen LogP contribution in [0.15, 0.2) is 24.3 Å². The Morgan fingerprint density at radius 2 is 2.12 bits per heavy atom. The van der Waals surface area contributed by atoms with E-state index in [0.29, 0.717) is 25.3 Å². The first-order chi connectivity index (χ1) is 11.5. The molecule has 1 amide bonds. The van der Waals surface area contributed by atoms with E-state index in [1.165, 1.54) is 0 Å². The van der Waals surface area contributed by atoms with Crippen molar-refractivity contribution < 1.29 is 19.4 Å². The molecule has 132 valence electrons. The molecule has 0 saturated carbocycles. The van der Waals surface area contributed by atoms with Crippen LogP contribution in [0.5, 0.6) is 5.75 Å². The number of carbonyl (C=O) groups is 2. The molecule has 0 bridgehead atoms. The molecule has 0 aromatic heterocycles. The van der Waals surface area contributed by atoms with Gasteiger partial charge in [0.1, 0.15) is 5.75 Å². The largest absolute Gasteiger partial charge is 0.496 e. The van der Waals surface area contributed by atoms with Crippen molar-refractivity contribution in [2.75, 3.05) is 20.2 Å². The van der Waals surface area contributed by atoms with Crippen molar-refractivity contribution >= 4 is 11.9 Å². The molecule has 24 heavy (non-hydrogen) atoms. The second-order valence-corrected chi connectivity index (χ2v) is 6.63. The molecule has 1 saturated heterocycles. The van der Waals surface area contributed by atoms with Crippen molar-refractivity contribution in [2.24, 2.45) is 5.92 Å². The number of likely N-dealkylation sites (tertiary alicyclic amines) is 1. The monoisotopic (exact) mass is 333 g/mol. The quantitative estimate of drug-likeness (QED) is 0.831. The van der Waals surface area contributed by atoms with Gasteiger partial charge in [0, 0.05) is 25.9 Å². The highest BCUT2D eigenvalue weighted by atomic mass is 16.5. The Morgan fingerprint density at radius 1 is 1.38 bits per heavy atom. The van der Waals surface area contributed by atoms with Gasteiger partial charge in [0.25, 0.3) is 0 Å². The molecule has 1 aliphatic heterocycles. The highest BCUT2D eigenvalue weighted by molar-refractivity contribution is 5.77. The average Bonchev–Trinajstić information content (AvgIpc) is 2.60. The van der Waals surface area contributed by atoms with E-state index < -0.39 is 5.97 Å². The molecule has 1 aromatic carbocycles. The molecule has 1 fully saturated rings. The van der Waals surface area contributed by atoms with Gasteiger partial charge in [-0.25, -0.2) is 0 Å². The van der Waals surface area contributed by atoms with Gasteiger partial charge in [-0.05, 0) is 42.7 Å². The number of hydrogen-bond acceptors (Lipinski definition) is 3. The number of aliphatic carboxylic acids is 1. The maximum Gasteiger partial charge on any atom is 0.303 e. The van der Waals surface area contributed by atoms with Crippen molar-refractivity contribution in [3.05, 3.63) is 29.8 Å². The molecule has 1 heterocycles. The van der Waals surface area contributed by atoms with Crippen LogP contribution in [0.3, 0.4) is 0 Å². The first-order valence-electron chi connectivity index (χ1n) is 8.63. The predicted octanol–water partition coefficient (Wildman–Crippen LogP) is 3.29. The number of piperidine rings is 1. The van der Waals surface area contributed by atoms with E-state index in [4.69, 9.17) is 9.84 Å². The zero-order valence-corrected chi connectivity index (χ0v) is 14.5. The molecular weight excluding hydrogens is 306 g/mol. The Kier molecular flexibility index (Phi) is 6.64. The van der Waals surface area contributed by atoms with E-state index in [0.717, 1.165) is 30.7 Å². The maximum atomic E-state index is 12.6. The molecule has 5 nitrogen and oxygen atoms in total. The van der Waals surface area contributed by atoms with Crippen molar-refractivity contribution in [2.45, 2.75) is 44.9 Å². The van der Waals surface area contributed by atoms with Gasteiger partial charge in [-0.15, -0.1) is 0 Å². The molecule has 2 atom stereocenters. The molecule has 2 rings (SSSR count). The van der Waals surface area contributed by atoms with Crippen molar-refractivity contribution in [1.29, 1.82) is 0 Å². The van der Waals surface area contributed by atoms with Crippen LogP contribution in [-0.2, 0) is 9.59 Å². The topological polar surface area (TPSA) is 66.8 Å². The Hall–Kier alpha value is -2.04. The molecule has 1 N–H and O–H groups in total. The highest BCUT2D eigenvalue weighted by Gasteiger charge is 2.25. The van der Waals surface area contributed by atoms with E-state index in [9.17, 15) is 9.59 Å². The number of rotatable bonds is 7. The second-order valence-electron chi connectivity index (χ2n) is 6.63. The van der Waals surface area contributed by atoms with Gasteiger partial charge in [-0.1, -0.05) is 25.1 Å². The molecule has 1 aliphatic rings. The number of amides is 1. The van der Waals surface area contributed by atoms with Crippen molar-refractivity contribution in [3.8, 4) is 5.75 Å². The van der Waals surface area contributed by atoms with Crippen LogP contribution in [0.4, 0.5) is 0 Å². The van der Waals surface area contributed by atoms with E-state index in [-0.39, 0.29) is 18.2 Å². The average molecular weight is 333 g/mol. The summed E-state index contributed by atoms with van der Waals surface area (Å²) in [5.41, 5.74) is 1.05. The normalized spacial score (nSPS) is 18.9. The van der Waals surface area contributed by atoms with Gasteiger partial charge in [0.05, 0.1) is 7.11 Å². The van der Waals surface area contributed by atoms with Gasteiger partial charge in [0.2, 0.25) is 5.91 Å². The molecular formula is C19H27NO4. The Balaban J connectivity index is 1.92. The van der Waals surface area contributed by atoms with Crippen LogP contribution in [0.25, 0.3) is 0 Å². The number of para-hydroxylation sites is 1. The number of methoxy groups -OCH3 is 1. The summed E-state index contributed by atoms with van der Waals surface area (Å²) in [6.45, 7) is 3.51. The first-order valence-corrected chi connectivity index (χ1v) is 8.63. The fourth-order valence-electron chi connectivity index (χ4n) is 3.43. The molecule has 1 aromatic rings. The zero-order valence-electron chi connectivity index (χ0n) is 14.5. The third-order valence-electron chi connectivity index (χ3n) is 4.79. The van der Waals surface area contributed by atoms with Crippen LogP contribution in [0.1, 0.15) is 50.5 Å². The van der Waals surface area contributed by atoms with Gasteiger partial charge < -0.3 is 14.7 Å². The third-order valence-corrected chi connectivity index (χ3v) is 4.79. The van der Waals surface area contributed by atoms with E-state index in [1.54, 1.807) is 7.11 Å².